The third-order valence-electron chi connectivity index (χ3n) is 3.73. The van der Waals surface area contributed by atoms with Crippen LogP contribution in [0.3, 0.4) is 0 Å². The molecule has 2 rings (SSSR count). The van der Waals surface area contributed by atoms with Crippen molar-refractivity contribution in [3.63, 3.8) is 0 Å². The topological polar surface area (TPSA) is 76.7 Å². The molecule has 7 nitrogen and oxygen atoms in total. The largest absolute Gasteiger partial charge is 0.479 e. The number of ether oxygens (including phenoxy) is 2. The predicted molar refractivity (Wildman–Crippen MR) is 78.5 cm³/mol. The maximum atomic E-state index is 5.86. The average Bonchev–Trinajstić information content (AvgIpc) is 2.47. The molecule has 0 aromatic carbocycles. The van der Waals surface area contributed by atoms with E-state index in [-0.39, 0.29) is 0 Å². The molecule has 1 saturated heterocycles. The fourth-order valence-electron chi connectivity index (χ4n) is 2.45. The highest BCUT2D eigenvalue weighted by Crippen LogP contribution is 2.31. The number of nitrogens with zero attached hydrogens (tertiary/aromatic N) is 4. The quantitative estimate of drug-likeness (QED) is 0.866. The van der Waals surface area contributed by atoms with Crippen LogP contribution in [0.25, 0.3) is 0 Å². The van der Waals surface area contributed by atoms with Gasteiger partial charge in [0.25, 0.3) is 0 Å². The Hall–Kier alpha value is -1.76. The standard InChI is InChI=1S/C13H23N5O2/c1-17(2)9-5-7-18(8-6-9)13-15-11(19-3)10(14)12(16-13)20-4/h9H,5-8,14H2,1-4H3. The molecule has 0 saturated carbocycles. The first kappa shape index (κ1) is 14.6. The van der Waals surface area contributed by atoms with Crippen LogP contribution in [0.2, 0.25) is 0 Å². The summed E-state index contributed by atoms with van der Waals surface area (Å²) in [6.45, 7) is 1.83. The summed E-state index contributed by atoms with van der Waals surface area (Å²) in [5, 5.41) is 0. The van der Waals surface area contributed by atoms with Gasteiger partial charge in [-0.2, -0.15) is 9.97 Å². The van der Waals surface area contributed by atoms with Crippen molar-refractivity contribution in [1.29, 1.82) is 0 Å². The minimum absolute atomic E-state index is 0.335. The zero-order chi connectivity index (χ0) is 14.7. The number of nitrogens with two attached hydrogens (primary N) is 1. The molecule has 0 bridgehead atoms. The molecule has 0 atom stereocenters. The van der Waals surface area contributed by atoms with Crippen LogP contribution >= 0.6 is 0 Å². The van der Waals surface area contributed by atoms with Crippen molar-refractivity contribution < 1.29 is 9.47 Å². The zero-order valence-corrected chi connectivity index (χ0v) is 12.6. The molecule has 0 radical (unpaired) electrons. The lowest BCUT2D eigenvalue weighted by Gasteiger charge is -2.35. The summed E-state index contributed by atoms with van der Waals surface area (Å²) in [5.74, 6) is 1.34. The van der Waals surface area contributed by atoms with Gasteiger partial charge >= 0.3 is 0 Å². The molecule has 7 heteroatoms. The fourth-order valence-corrected chi connectivity index (χ4v) is 2.45. The monoisotopic (exact) mass is 281 g/mol. The average molecular weight is 281 g/mol. The Balaban J connectivity index is 2.17. The molecule has 2 heterocycles. The van der Waals surface area contributed by atoms with E-state index in [1.54, 1.807) is 14.2 Å². The Bertz CT molecular complexity index is 433. The van der Waals surface area contributed by atoms with E-state index in [0.29, 0.717) is 29.4 Å². The first-order valence-corrected chi connectivity index (χ1v) is 6.73. The van der Waals surface area contributed by atoms with Crippen LogP contribution in [0, 0.1) is 0 Å². The lowest BCUT2D eigenvalue weighted by molar-refractivity contribution is 0.248. The Kier molecular flexibility index (Phi) is 4.49. The third kappa shape index (κ3) is 2.87. The summed E-state index contributed by atoms with van der Waals surface area (Å²) >= 11 is 0. The second kappa shape index (κ2) is 6.13. The van der Waals surface area contributed by atoms with E-state index in [1.807, 2.05) is 0 Å². The number of methoxy groups -OCH3 is 2. The first-order chi connectivity index (χ1) is 9.56. The molecule has 1 aromatic heterocycles. The van der Waals surface area contributed by atoms with Gasteiger partial charge in [-0.15, -0.1) is 0 Å². The SMILES string of the molecule is COc1nc(N2CCC(N(C)C)CC2)nc(OC)c1N. The van der Waals surface area contributed by atoms with Crippen molar-refractivity contribution in [3.8, 4) is 11.8 Å². The Morgan fingerprint density at radius 2 is 1.60 bits per heavy atom. The lowest BCUT2D eigenvalue weighted by atomic mass is 10.0. The number of hydrogen-bond donors (Lipinski definition) is 1. The summed E-state index contributed by atoms with van der Waals surface area (Å²) in [6, 6.07) is 0.615. The van der Waals surface area contributed by atoms with Crippen molar-refractivity contribution in [1.82, 2.24) is 14.9 Å². The molecule has 1 fully saturated rings. The van der Waals surface area contributed by atoms with Gasteiger partial charge in [0, 0.05) is 19.1 Å². The highest BCUT2D eigenvalue weighted by atomic mass is 16.5. The number of piperidine rings is 1. The Morgan fingerprint density at radius 3 is 2.00 bits per heavy atom. The molecule has 20 heavy (non-hydrogen) atoms. The number of anilines is 2. The number of aromatic nitrogens is 2. The second-order valence-corrected chi connectivity index (χ2v) is 5.14. The minimum atomic E-state index is 0.335. The first-order valence-electron chi connectivity index (χ1n) is 6.73. The molecule has 1 aliphatic rings. The van der Waals surface area contributed by atoms with Gasteiger partial charge in [0.05, 0.1) is 14.2 Å². The number of rotatable bonds is 4. The molecule has 0 amide bonds. The predicted octanol–water partition coefficient (Wildman–Crippen LogP) is 0.606. The van der Waals surface area contributed by atoms with Crippen LogP contribution < -0.4 is 20.1 Å². The van der Waals surface area contributed by atoms with Gasteiger partial charge in [0.1, 0.15) is 0 Å². The summed E-state index contributed by atoms with van der Waals surface area (Å²) in [5.41, 5.74) is 6.20. The number of nitrogen functional groups attached to an aromatic ring is 1. The fraction of sp³-hybridized carbons (Fsp3) is 0.692. The minimum Gasteiger partial charge on any atom is -0.479 e. The van der Waals surface area contributed by atoms with E-state index < -0.39 is 0 Å². The van der Waals surface area contributed by atoms with E-state index in [2.05, 4.69) is 33.9 Å². The molecule has 1 aliphatic heterocycles. The van der Waals surface area contributed by atoms with E-state index in [9.17, 15) is 0 Å². The maximum Gasteiger partial charge on any atom is 0.245 e. The van der Waals surface area contributed by atoms with Crippen molar-refractivity contribution in [2.75, 3.05) is 52.0 Å². The van der Waals surface area contributed by atoms with Crippen LogP contribution in [0.1, 0.15) is 12.8 Å². The summed E-state index contributed by atoms with van der Waals surface area (Å²) in [6.07, 6.45) is 2.18. The highest BCUT2D eigenvalue weighted by molar-refractivity contribution is 5.59. The van der Waals surface area contributed by atoms with Gasteiger partial charge in [-0.05, 0) is 26.9 Å². The van der Waals surface area contributed by atoms with Crippen molar-refractivity contribution in [2.45, 2.75) is 18.9 Å². The Labute approximate surface area is 119 Å². The second-order valence-electron chi connectivity index (χ2n) is 5.14. The smallest absolute Gasteiger partial charge is 0.245 e. The molecular weight excluding hydrogens is 258 g/mol. The van der Waals surface area contributed by atoms with Crippen molar-refractivity contribution in [2.24, 2.45) is 0 Å². The van der Waals surface area contributed by atoms with Gasteiger partial charge in [-0.1, -0.05) is 0 Å². The van der Waals surface area contributed by atoms with Crippen molar-refractivity contribution >= 4 is 11.6 Å². The zero-order valence-electron chi connectivity index (χ0n) is 12.6. The Morgan fingerprint density at radius 1 is 1.10 bits per heavy atom. The van der Waals surface area contributed by atoms with Crippen LogP contribution in [0.4, 0.5) is 11.6 Å². The van der Waals surface area contributed by atoms with Gasteiger partial charge in [0.15, 0.2) is 5.69 Å². The van der Waals surface area contributed by atoms with Gasteiger partial charge < -0.3 is 25.0 Å². The summed E-state index contributed by atoms with van der Waals surface area (Å²) < 4.78 is 10.4. The highest BCUT2D eigenvalue weighted by Gasteiger charge is 2.24. The van der Waals surface area contributed by atoms with E-state index in [1.165, 1.54) is 0 Å². The number of hydrogen-bond acceptors (Lipinski definition) is 7. The third-order valence-corrected chi connectivity index (χ3v) is 3.73. The molecule has 0 unspecified atom stereocenters. The molecule has 2 N–H and O–H groups in total. The van der Waals surface area contributed by atoms with Crippen LogP contribution in [0.15, 0.2) is 0 Å². The van der Waals surface area contributed by atoms with Crippen LogP contribution in [-0.4, -0.2) is 62.3 Å². The van der Waals surface area contributed by atoms with Crippen LogP contribution in [0.5, 0.6) is 11.8 Å². The van der Waals surface area contributed by atoms with Gasteiger partial charge in [0.2, 0.25) is 17.7 Å². The van der Waals surface area contributed by atoms with E-state index in [4.69, 9.17) is 15.2 Å². The van der Waals surface area contributed by atoms with Crippen molar-refractivity contribution in [3.05, 3.63) is 0 Å². The summed E-state index contributed by atoms with van der Waals surface area (Å²) in [4.78, 5) is 13.1. The van der Waals surface area contributed by atoms with Gasteiger partial charge in [-0.3, -0.25) is 0 Å². The van der Waals surface area contributed by atoms with E-state index >= 15 is 0 Å². The maximum absolute atomic E-state index is 5.86. The molecule has 0 spiro atoms. The lowest BCUT2D eigenvalue weighted by Crippen LogP contribution is -2.42. The van der Waals surface area contributed by atoms with Crippen LogP contribution in [-0.2, 0) is 0 Å². The van der Waals surface area contributed by atoms with E-state index in [0.717, 1.165) is 25.9 Å². The molecule has 0 aliphatic carbocycles. The molecular formula is C13H23N5O2. The van der Waals surface area contributed by atoms with Gasteiger partial charge in [-0.25, -0.2) is 0 Å². The molecule has 1 aromatic rings. The summed E-state index contributed by atoms with van der Waals surface area (Å²) in [7, 11) is 7.32. The normalized spacial score (nSPS) is 16.6. The molecule has 112 valence electrons.